The van der Waals surface area contributed by atoms with Crippen LogP contribution in [0.2, 0.25) is 0 Å². The molecule has 0 aliphatic carbocycles. The predicted molar refractivity (Wildman–Crippen MR) is 100 cm³/mol. The van der Waals surface area contributed by atoms with Crippen molar-refractivity contribution < 1.29 is 9.05 Å². The van der Waals surface area contributed by atoms with E-state index in [4.69, 9.17) is 33.1 Å². The third-order valence-electron chi connectivity index (χ3n) is 3.49. The molecule has 5 heteroatoms. The third kappa shape index (κ3) is 17.1. The van der Waals surface area contributed by atoms with Gasteiger partial charge in [-0.05, 0) is 12.8 Å². The number of rotatable bonds is 16. The summed E-state index contributed by atoms with van der Waals surface area (Å²) >= 11 is 10.5. The van der Waals surface area contributed by atoms with Crippen LogP contribution < -0.4 is 0 Å². The lowest BCUT2D eigenvalue weighted by atomic mass is 10.1. The molecule has 0 rings (SSSR count). The summed E-state index contributed by atoms with van der Waals surface area (Å²) in [4.78, 5) is 0. The largest absolute Gasteiger partial charge is 0.691 e. The molecule has 0 unspecified atom stereocenters. The van der Waals surface area contributed by atoms with Crippen LogP contribution in [0.4, 0.5) is 0 Å². The minimum atomic E-state index is -2.40. The van der Waals surface area contributed by atoms with Crippen LogP contribution in [0, 0.1) is 0 Å². The van der Waals surface area contributed by atoms with Crippen LogP contribution in [0.3, 0.4) is 0 Å². The summed E-state index contributed by atoms with van der Waals surface area (Å²) in [5, 5.41) is 0. The molecule has 0 spiro atoms. The van der Waals surface area contributed by atoms with Crippen molar-refractivity contribution in [1.82, 2.24) is 0 Å². The molecule has 0 saturated heterocycles. The van der Waals surface area contributed by atoms with E-state index < -0.39 is 5.69 Å². The summed E-state index contributed by atoms with van der Waals surface area (Å²) in [6.45, 7) is 5.81. The molecular weight excluding hydrogens is 319 g/mol. The van der Waals surface area contributed by atoms with E-state index in [0.29, 0.717) is 13.2 Å². The number of hydrogen-bond donors (Lipinski definition) is 0. The molecule has 0 aromatic carbocycles. The molecule has 0 radical (unpaired) electrons. The molecule has 0 aromatic rings. The number of hydrogen-bond acceptors (Lipinski definition) is 4. The first-order valence-corrected chi connectivity index (χ1v) is 12.4. The first-order valence-electron chi connectivity index (χ1n) is 8.72. The highest BCUT2D eigenvalue weighted by atomic mass is 32.9. The Morgan fingerprint density at radius 1 is 0.667 bits per heavy atom. The molecule has 21 heavy (non-hydrogen) atoms. The second-order valence-electron chi connectivity index (χ2n) is 5.65. The molecule has 0 fully saturated rings. The second-order valence-corrected chi connectivity index (χ2v) is 10.6. The minimum absolute atomic E-state index is 0.670. The molecule has 128 valence electrons. The fraction of sp³-hybridized carbons (Fsp3) is 1.00. The average Bonchev–Trinajstić information content (AvgIpc) is 2.45. The summed E-state index contributed by atoms with van der Waals surface area (Å²) < 4.78 is 11.2. The Bertz CT molecular complexity index is 241. The molecule has 0 atom stereocenters. The predicted octanol–water partition coefficient (Wildman–Crippen LogP) is 6.51. The van der Waals surface area contributed by atoms with Crippen molar-refractivity contribution in [2.24, 2.45) is 0 Å². The topological polar surface area (TPSA) is 18.5 Å². The first kappa shape index (κ1) is 21.9. The van der Waals surface area contributed by atoms with Gasteiger partial charge in [0.2, 0.25) is 0 Å². The fourth-order valence-electron chi connectivity index (χ4n) is 2.15. The van der Waals surface area contributed by atoms with Gasteiger partial charge in [-0.2, -0.15) is 0 Å². The molecule has 0 N–H and O–H groups in total. The molecule has 0 amide bonds. The molecule has 0 aliphatic rings. The molecule has 0 saturated carbocycles. The zero-order valence-electron chi connectivity index (χ0n) is 14.0. The second kappa shape index (κ2) is 15.8. The molecule has 0 heterocycles. The Balaban J connectivity index is 3.37. The highest BCUT2D eigenvalue weighted by molar-refractivity contribution is 8.51. The highest BCUT2D eigenvalue weighted by Gasteiger charge is 2.02. The van der Waals surface area contributed by atoms with Crippen LogP contribution in [0.5, 0.6) is 0 Å². The van der Waals surface area contributed by atoms with Crippen LogP contribution in [-0.2, 0) is 33.1 Å². The zero-order chi connectivity index (χ0) is 15.8. The van der Waals surface area contributed by atoms with E-state index in [1.54, 1.807) is 0 Å². The molecule has 0 bridgehead atoms. The van der Waals surface area contributed by atoms with Gasteiger partial charge >= 0.3 is 0 Å². The molecule has 2 nitrogen and oxygen atoms in total. The minimum Gasteiger partial charge on any atom is -0.691 e. The number of unbranched alkanes of at least 4 members (excludes halogenated alkanes) is 10. The van der Waals surface area contributed by atoms with Crippen LogP contribution >= 0.6 is 5.69 Å². The van der Waals surface area contributed by atoms with E-state index in [0.717, 1.165) is 12.8 Å². The van der Waals surface area contributed by atoms with E-state index in [1.807, 2.05) is 0 Å². The van der Waals surface area contributed by atoms with Gasteiger partial charge in [-0.15, -0.1) is 0 Å². The average molecular weight is 354 g/mol. The summed E-state index contributed by atoms with van der Waals surface area (Å²) in [6, 6.07) is 0. The standard InChI is InChI=1S/C16H35O2PS2/c1-3-5-7-9-11-13-15-17-19(20,21)18-16-14-12-10-8-6-4-2/h3-16H2,1-2H3,(H,20,21)/p-1. The lowest BCUT2D eigenvalue weighted by Crippen LogP contribution is -1.97. The van der Waals surface area contributed by atoms with Gasteiger partial charge in [0.1, 0.15) is 0 Å². The van der Waals surface area contributed by atoms with Gasteiger partial charge in [0, 0.05) is 0 Å². The van der Waals surface area contributed by atoms with Crippen LogP contribution in [0.25, 0.3) is 0 Å². The van der Waals surface area contributed by atoms with E-state index in [2.05, 4.69) is 13.8 Å². The van der Waals surface area contributed by atoms with Crippen molar-refractivity contribution in [2.75, 3.05) is 13.2 Å². The maximum absolute atomic E-state index is 5.60. The summed E-state index contributed by atoms with van der Waals surface area (Å²) in [7, 11) is 0. The lowest BCUT2D eigenvalue weighted by molar-refractivity contribution is 0.249. The van der Waals surface area contributed by atoms with Gasteiger partial charge in [-0.3, -0.25) is 0 Å². The van der Waals surface area contributed by atoms with Gasteiger partial charge in [0.15, 0.2) is 0 Å². The van der Waals surface area contributed by atoms with Crippen molar-refractivity contribution in [3.63, 3.8) is 0 Å². The van der Waals surface area contributed by atoms with Gasteiger partial charge < -0.3 is 21.3 Å². The Kier molecular flexibility index (Phi) is 16.5. The highest BCUT2D eigenvalue weighted by Crippen LogP contribution is 2.46. The van der Waals surface area contributed by atoms with E-state index in [9.17, 15) is 0 Å². The van der Waals surface area contributed by atoms with E-state index >= 15 is 0 Å². The van der Waals surface area contributed by atoms with Crippen molar-refractivity contribution in [3.05, 3.63) is 0 Å². The first-order chi connectivity index (χ1) is 10.1. The Hall–Kier alpha value is 0.920. The smallest absolute Gasteiger partial charge is 0.0563 e. The van der Waals surface area contributed by atoms with E-state index in [-0.39, 0.29) is 0 Å². The van der Waals surface area contributed by atoms with Gasteiger partial charge in [-0.25, -0.2) is 0 Å². The fourth-order valence-corrected chi connectivity index (χ4v) is 3.83. The van der Waals surface area contributed by atoms with Gasteiger partial charge in [0.05, 0.1) is 18.9 Å². The molecule has 0 aliphatic heterocycles. The maximum Gasteiger partial charge on any atom is 0.0563 e. The van der Waals surface area contributed by atoms with Crippen molar-refractivity contribution in [1.29, 1.82) is 0 Å². The van der Waals surface area contributed by atoms with Crippen molar-refractivity contribution in [3.8, 4) is 0 Å². The Morgan fingerprint density at radius 2 is 1.00 bits per heavy atom. The zero-order valence-corrected chi connectivity index (χ0v) is 16.5. The van der Waals surface area contributed by atoms with E-state index in [1.165, 1.54) is 64.2 Å². The Morgan fingerprint density at radius 3 is 1.38 bits per heavy atom. The monoisotopic (exact) mass is 353 g/mol. The normalized spacial score (nSPS) is 12.0. The third-order valence-corrected chi connectivity index (χ3v) is 5.76. The van der Waals surface area contributed by atoms with Gasteiger partial charge in [-0.1, -0.05) is 89.9 Å². The maximum atomic E-state index is 5.60. The van der Waals surface area contributed by atoms with Crippen LogP contribution in [-0.4, -0.2) is 13.2 Å². The van der Waals surface area contributed by atoms with Crippen LogP contribution in [0.15, 0.2) is 0 Å². The van der Waals surface area contributed by atoms with Crippen LogP contribution in [0.1, 0.15) is 90.9 Å². The van der Waals surface area contributed by atoms with Gasteiger partial charge in [0.25, 0.3) is 0 Å². The molecule has 0 aromatic heterocycles. The quantitative estimate of drug-likeness (QED) is 0.179. The van der Waals surface area contributed by atoms with Crippen molar-refractivity contribution >= 4 is 29.7 Å². The van der Waals surface area contributed by atoms with Crippen molar-refractivity contribution in [2.45, 2.75) is 90.9 Å². The summed E-state index contributed by atoms with van der Waals surface area (Å²) in [5.74, 6) is 0. The molecular formula is C16H34O2PS2-. The lowest BCUT2D eigenvalue weighted by Gasteiger charge is -2.28. The SMILES string of the molecule is CCCCCCCCOP(=S)([S-])OCCCCCCCC. The summed E-state index contributed by atoms with van der Waals surface area (Å²) in [5.41, 5.74) is -2.40. The summed E-state index contributed by atoms with van der Waals surface area (Å²) in [6.07, 6.45) is 15.0. The Labute approximate surface area is 143 Å².